The molecule has 0 radical (unpaired) electrons. The number of anilines is 3. The van der Waals surface area contributed by atoms with E-state index in [-0.39, 0.29) is 12.5 Å². The molecule has 0 spiro atoms. The van der Waals surface area contributed by atoms with Crippen molar-refractivity contribution in [2.45, 2.75) is 25.3 Å². The monoisotopic (exact) mass is 642 g/mol. The first-order chi connectivity index (χ1) is 21.2. The molecule has 1 aliphatic carbocycles. The summed E-state index contributed by atoms with van der Waals surface area (Å²) in [5.74, 6) is 1.65. The van der Waals surface area contributed by atoms with Gasteiger partial charge in [0.05, 0.1) is 37.7 Å². The maximum atomic E-state index is 12.5. The highest BCUT2D eigenvalue weighted by molar-refractivity contribution is 7.46. The largest absolute Gasteiger partial charge is 0.493 e. The number of nitrogens with one attached hydrogen (secondary N) is 2. The Morgan fingerprint density at radius 3 is 2.61 bits per heavy atom. The summed E-state index contributed by atoms with van der Waals surface area (Å²) in [5, 5.41) is 7.17. The van der Waals surface area contributed by atoms with Crippen LogP contribution in [-0.2, 0) is 9.09 Å². The van der Waals surface area contributed by atoms with E-state index >= 15 is 0 Å². The molecule has 1 amide bonds. The minimum absolute atomic E-state index is 0.0308. The molecule has 0 saturated heterocycles. The van der Waals surface area contributed by atoms with Crippen molar-refractivity contribution in [3.05, 3.63) is 71.6 Å². The first-order valence-electron chi connectivity index (χ1n) is 13.9. The first-order valence-corrected chi connectivity index (χ1v) is 15.8. The van der Waals surface area contributed by atoms with E-state index < -0.39 is 7.82 Å². The van der Waals surface area contributed by atoms with E-state index in [4.69, 9.17) is 30.9 Å². The van der Waals surface area contributed by atoms with Crippen LogP contribution in [0, 0.1) is 0 Å². The van der Waals surface area contributed by atoms with Crippen LogP contribution in [0.2, 0.25) is 5.02 Å². The molecule has 0 atom stereocenters. The number of phosphoric acid groups is 1. The number of hydrogen-bond acceptors (Lipinski definition) is 10. The van der Waals surface area contributed by atoms with E-state index in [1.165, 1.54) is 6.33 Å². The van der Waals surface area contributed by atoms with Gasteiger partial charge in [-0.05, 0) is 55.7 Å². The SMILES string of the molecule is COc1cc2c(Nc3ccc(NC(=O)c4cccc(Cl)c4)nc3)ncnc2cc1OCCCN(CCOP(=O)(O)O)C1CC1. The van der Waals surface area contributed by atoms with E-state index in [0.29, 0.717) is 82.5 Å². The van der Waals surface area contributed by atoms with Crippen LogP contribution in [0.5, 0.6) is 11.5 Å². The zero-order valence-corrected chi connectivity index (χ0v) is 25.5. The summed E-state index contributed by atoms with van der Waals surface area (Å²) in [7, 11) is -2.92. The number of ether oxygens (including phenoxy) is 2. The van der Waals surface area contributed by atoms with Crippen molar-refractivity contribution >= 4 is 53.6 Å². The summed E-state index contributed by atoms with van der Waals surface area (Å²) in [5.41, 5.74) is 1.72. The molecule has 0 aliphatic heterocycles. The number of pyridine rings is 1. The number of halogens is 1. The number of rotatable bonds is 15. The van der Waals surface area contributed by atoms with Gasteiger partial charge in [0.2, 0.25) is 0 Å². The number of methoxy groups -OCH3 is 1. The van der Waals surface area contributed by atoms with Crippen LogP contribution in [0.15, 0.2) is 61.1 Å². The van der Waals surface area contributed by atoms with Gasteiger partial charge in [0.25, 0.3) is 5.91 Å². The summed E-state index contributed by atoms with van der Waals surface area (Å²) >= 11 is 5.98. The zero-order valence-electron chi connectivity index (χ0n) is 23.9. The van der Waals surface area contributed by atoms with Crippen molar-refractivity contribution in [2.24, 2.45) is 0 Å². The van der Waals surface area contributed by atoms with Crippen molar-refractivity contribution in [3.63, 3.8) is 0 Å². The first kappa shape index (κ1) is 31.6. The average molecular weight is 643 g/mol. The molecule has 0 unspecified atom stereocenters. The molecule has 13 nitrogen and oxygen atoms in total. The fourth-order valence-electron chi connectivity index (χ4n) is 4.58. The number of benzene rings is 2. The molecule has 1 aliphatic rings. The molecule has 0 bridgehead atoms. The van der Waals surface area contributed by atoms with E-state index in [1.807, 2.05) is 0 Å². The number of fused-ring (bicyclic) bond motifs is 1. The number of nitrogens with zero attached hydrogens (tertiary/aromatic N) is 4. The molecular formula is C29H32ClN6O7P. The molecule has 5 rings (SSSR count). The third-order valence-corrected chi connectivity index (χ3v) is 7.58. The summed E-state index contributed by atoms with van der Waals surface area (Å²) in [4.78, 5) is 45.6. The van der Waals surface area contributed by atoms with Gasteiger partial charge in [0.1, 0.15) is 18.0 Å². The van der Waals surface area contributed by atoms with Gasteiger partial charge in [-0.2, -0.15) is 0 Å². The molecule has 4 aromatic rings. The fourth-order valence-corrected chi connectivity index (χ4v) is 5.09. The lowest BCUT2D eigenvalue weighted by molar-refractivity contribution is 0.102. The van der Waals surface area contributed by atoms with Crippen LogP contribution >= 0.6 is 19.4 Å². The minimum Gasteiger partial charge on any atom is -0.493 e. The van der Waals surface area contributed by atoms with Crippen LogP contribution in [0.3, 0.4) is 0 Å². The molecule has 1 saturated carbocycles. The van der Waals surface area contributed by atoms with Gasteiger partial charge in [-0.15, -0.1) is 0 Å². The number of carbonyl (C=O) groups excluding carboxylic acids is 1. The third-order valence-electron chi connectivity index (χ3n) is 6.82. The van der Waals surface area contributed by atoms with Gasteiger partial charge in [-0.25, -0.2) is 19.5 Å². The number of hydrogen-bond donors (Lipinski definition) is 4. The quantitative estimate of drug-likeness (QED) is 0.101. The Hall–Kier alpha value is -3.84. The standard InChI is InChI=1S/C29H32ClN6O7P/c1-41-25-15-23-24(16-26(25)42-12-3-10-36(22-7-8-22)11-13-43-44(38,39)40)32-18-33-28(23)34-21-6-9-27(31-17-21)35-29(37)19-4-2-5-20(30)14-19/h2,4-6,9,14-18,22H,3,7-8,10-13H2,1H3,(H,31,35,37)(H,32,33,34)(H2,38,39,40). The van der Waals surface area contributed by atoms with Gasteiger partial charge >= 0.3 is 7.82 Å². The number of amides is 1. The Labute approximate surface area is 258 Å². The smallest absolute Gasteiger partial charge is 0.469 e. The Morgan fingerprint density at radius 2 is 1.91 bits per heavy atom. The summed E-state index contributed by atoms with van der Waals surface area (Å²) < 4.78 is 27.2. The Kier molecular flexibility index (Phi) is 10.3. The maximum absolute atomic E-state index is 12.5. The summed E-state index contributed by atoms with van der Waals surface area (Å²) in [6.07, 6.45) is 5.85. The normalized spacial score (nSPS) is 13.2. The molecule has 15 heteroatoms. The highest BCUT2D eigenvalue weighted by Gasteiger charge is 2.29. The van der Waals surface area contributed by atoms with Crippen LogP contribution in [0.4, 0.5) is 17.3 Å². The van der Waals surface area contributed by atoms with Crippen LogP contribution < -0.4 is 20.1 Å². The zero-order chi connectivity index (χ0) is 31.1. The van der Waals surface area contributed by atoms with Crippen molar-refractivity contribution in [1.82, 2.24) is 19.9 Å². The highest BCUT2D eigenvalue weighted by atomic mass is 35.5. The molecule has 2 aromatic carbocycles. The molecule has 232 valence electrons. The van der Waals surface area contributed by atoms with Crippen LogP contribution in [0.1, 0.15) is 29.6 Å². The molecule has 1 fully saturated rings. The van der Waals surface area contributed by atoms with Gasteiger partial charge in [-0.1, -0.05) is 17.7 Å². The lowest BCUT2D eigenvalue weighted by atomic mass is 10.2. The number of aromatic nitrogens is 3. The topological polar surface area (TPSA) is 168 Å². The number of carbonyl (C=O) groups is 1. The second-order valence-electron chi connectivity index (χ2n) is 10.1. The molecule has 2 aromatic heterocycles. The van der Waals surface area contributed by atoms with Gasteiger partial charge < -0.3 is 29.9 Å². The Balaban J connectivity index is 1.19. The van der Waals surface area contributed by atoms with Gasteiger partial charge in [-0.3, -0.25) is 14.2 Å². The van der Waals surface area contributed by atoms with Crippen LogP contribution in [0.25, 0.3) is 10.9 Å². The lowest BCUT2D eigenvalue weighted by Gasteiger charge is -2.22. The predicted octanol–water partition coefficient (Wildman–Crippen LogP) is 5.03. The summed E-state index contributed by atoms with van der Waals surface area (Å²) in [6, 6.07) is 14.1. The second-order valence-corrected chi connectivity index (χ2v) is 11.7. The van der Waals surface area contributed by atoms with Crippen molar-refractivity contribution < 1.29 is 33.1 Å². The van der Waals surface area contributed by atoms with E-state index in [1.54, 1.807) is 61.8 Å². The van der Waals surface area contributed by atoms with Gasteiger partial charge in [0, 0.05) is 41.2 Å². The van der Waals surface area contributed by atoms with E-state index in [0.717, 1.165) is 12.8 Å². The van der Waals surface area contributed by atoms with Crippen molar-refractivity contribution in [1.29, 1.82) is 0 Å². The molecule has 2 heterocycles. The molecule has 4 N–H and O–H groups in total. The predicted molar refractivity (Wildman–Crippen MR) is 166 cm³/mol. The van der Waals surface area contributed by atoms with Crippen LogP contribution in [-0.4, -0.2) is 75.0 Å². The van der Waals surface area contributed by atoms with E-state index in [2.05, 4.69) is 35.0 Å². The van der Waals surface area contributed by atoms with Crippen molar-refractivity contribution in [3.8, 4) is 11.5 Å². The summed E-state index contributed by atoms with van der Waals surface area (Å²) in [6.45, 7) is 1.53. The van der Waals surface area contributed by atoms with Crippen molar-refractivity contribution in [2.75, 3.05) is 44.0 Å². The second kappa shape index (κ2) is 14.3. The minimum atomic E-state index is -4.47. The maximum Gasteiger partial charge on any atom is 0.469 e. The number of phosphoric ester groups is 1. The molecular weight excluding hydrogens is 611 g/mol. The third kappa shape index (κ3) is 8.85. The molecule has 44 heavy (non-hydrogen) atoms. The van der Waals surface area contributed by atoms with Gasteiger partial charge in [0.15, 0.2) is 11.5 Å². The fraction of sp³-hybridized carbons (Fsp3) is 0.310. The Bertz CT molecular complexity index is 1650. The van der Waals surface area contributed by atoms with E-state index in [9.17, 15) is 9.36 Å². The highest BCUT2D eigenvalue weighted by Crippen LogP contribution is 2.36. The lowest BCUT2D eigenvalue weighted by Crippen LogP contribution is -2.31. The average Bonchev–Trinajstić information content (AvgIpc) is 3.84. The Morgan fingerprint density at radius 1 is 1.07 bits per heavy atom.